The molecule has 1 saturated carbocycles. The summed E-state index contributed by atoms with van der Waals surface area (Å²) >= 11 is 0. The highest BCUT2D eigenvalue weighted by Crippen LogP contribution is 2.28. The van der Waals surface area contributed by atoms with Crippen LogP contribution in [-0.4, -0.2) is 31.7 Å². The minimum atomic E-state index is 0.0823. The number of hydrogen-bond donors (Lipinski definition) is 2. The Bertz CT molecular complexity index is 256. The first-order valence-electron chi connectivity index (χ1n) is 7.11. The zero-order valence-electron chi connectivity index (χ0n) is 11.9. The van der Waals surface area contributed by atoms with E-state index in [1.807, 2.05) is 0 Å². The van der Waals surface area contributed by atoms with Gasteiger partial charge >= 0.3 is 0 Å². The number of nitrogens with two attached hydrogens (primary N) is 1. The summed E-state index contributed by atoms with van der Waals surface area (Å²) in [6.45, 7) is 8.32. The maximum Gasteiger partial charge on any atom is 0.223 e. The van der Waals surface area contributed by atoms with E-state index in [1.54, 1.807) is 0 Å². The lowest BCUT2D eigenvalue weighted by molar-refractivity contribution is -0.128. The Morgan fingerprint density at radius 2 is 2.17 bits per heavy atom. The summed E-state index contributed by atoms with van der Waals surface area (Å²) in [6, 6.07) is 0.189. The molecule has 1 aliphatic rings. The van der Waals surface area contributed by atoms with Crippen molar-refractivity contribution in [2.45, 2.75) is 46.1 Å². The van der Waals surface area contributed by atoms with Gasteiger partial charge in [0.2, 0.25) is 5.91 Å². The smallest absolute Gasteiger partial charge is 0.223 e. The SMILES string of the molecule is CC(C)COCCNC(=O)C1CC(N)CCC1C. The zero-order chi connectivity index (χ0) is 13.5. The van der Waals surface area contributed by atoms with Gasteiger partial charge in [-0.25, -0.2) is 0 Å². The number of nitrogens with one attached hydrogen (secondary N) is 1. The molecule has 0 aliphatic heterocycles. The highest BCUT2D eigenvalue weighted by Gasteiger charge is 2.30. The Balaban J connectivity index is 2.19. The second-order valence-corrected chi connectivity index (χ2v) is 5.92. The molecule has 0 bridgehead atoms. The fourth-order valence-electron chi connectivity index (χ4n) is 2.42. The Morgan fingerprint density at radius 3 is 2.83 bits per heavy atom. The van der Waals surface area contributed by atoms with Crippen LogP contribution in [0.1, 0.15) is 40.0 Å². The first-order valence-corrected chi connectivity index (χ1v) is 7.11. The van der Waals surface area contributed by atoms with E-state index < -0.39 is 0 Å². The average Bonchev–Trinajstić information content (AvgIpc) is 2.31. The van der Waals surface area contributed by atoms with Crippen molar-refractivity contribution in [3.8, 4) is 0 Å². The Morgan fingerprint density at radius 1 is 1.44 bits per heavy atom. The van der Waals surface area contributed by atoms with E-state index in [2.05, 4.69) is 26.1 Å². The van der Waals surface area contributed by atoms with Gasteiger partial charge in [-0.05, 0) is 31.1 Å². The molecule has 4 heteroatoms. The number of amides is 1. The third-order valence-electron chi connectivity index (χ3n) is 3.57. The highest BCUT2D eigenvalue weighted by atomic mass is 16.5. The standard InChI is InChI=1S/C14H28N2O2/c1-10(2)9-18-7-6-16-14(17)13-8-12(15)5-4-11(13)3/h10-13H,4-9,15H2,1-3H3,(H,16,17). The summed E-state index contributed by atoms with van der Waals surface area (Å²) in [6.07, 6.45) is 2.92. The predicted molar refractivity (Wildman–Crippen MR) is 73.1 cm³/mol. The minimum absolute atomic E-state index is 0.0823. The molecule has 106 valence electrons. The fraction of sp³-hybridized carbons (Fsp3) is 0.929. The largest absolute Gasteiger partial charge is 0.379 e. The molecule has 3 N–H and O–H groups in total. The van der Waals surface area contributed by atoms with Crippen LogP contribution < -0.4 is 11.1 Å². The van der Waals surface area contributed by atoms with Gasteiger partial charge in [-0.1, -0.05) is 20.8 Å². The topological polar surface area (TPSA) is 64.3 Å². The second-order valence-electron chi connectivity index (χ2n) is 5.92. The Kier molecular flexibility index (Phi) is 6.65. The van der Waals surface area contributed by atoms with Crippen LogP contribution in [0.5, 0.6) is 0 Å². The maximum atomic E-state index is 12.0. The lowest BCUT2D eigenvalue weighted by Gasteiger charge is -2.31. The van der Waals surface area contributed by atoms with E-state index >= 15 is 0 Å². The molecule has 4 nitrogen and oxygen atoms in total. The van der Waals surface area contributed by atoms with Gasteiger partial charge in [-0.2, -0.15) is 0 Å². The van der Waals surface area contributed by atoms with E-state index in [1.165, 1.54) is 0 Å². The Hall–Kier alpha value is -0.610. The average molecular weight is 256 g/mol. The lowest BCUT2D eigenvalue weighted by Crippen LogP contribution is -2.42. The van der Waals surface area contributed by atoms with Gasteiger partial charge in [0.1, 0.15) is 0 Å². The third kappa shape index (κ3) is 5.36. The monoisotopic (exact) mass is 256 g/mol. The zero-order valence-corrected chi connectivity index (χ0v) is 11.9. The summed E-state index contributed by atoms with van der Waals surface area (Å²) in [5.41, 5.74) is 5.93. The fourth-order valence-corrected chi connectivity index (χ4v) is 2.42. The molecule has 18 heavy (non-hydrogen) atoms. The van der Waals surface area contributed by atoms with Crippen molar-refractivity contribution in [2.24, 2.45) is 23.5 Å². The molecule has 0 aromatic rings. The van der Waals surface area contributed by atoms with Crippen LogP contribution in [0, 0.1) is 17.8 Å². The van der Waals surface area contributed by atoms with E-state index in [0.717, 1.165) is 25.9 Å². The highest BCUT2D eigenvalue weighted by molar-refractivity contribution is 5.79. The van der Waals surface area contributed by atoms with Gasteiger partial charge in [-0.3, -0.25) is 4.79 Å². The molecule has 1 fully saturated rings. The normalized spacial score (nSPS) is 28.4. The van der Waals surface area contributed by atoms with Crippen molar-refractivity contribution in [2.75, 3.05) is 19.8 Å². The van der Waals surface area contributed by atoms with E-state index in [4.69, 9.17) is 10.5 Å². The molecule has 3 unspecified atom stereocenters. The van der Waals surface area contributed by atoms with Gasteiger partial charge in [0.15, 0.2) is 0 Å². The van der Waals surface area contributed by atoms with Gasteiger partial charge < -0.3 is 15.8 Å². The van der Waals surface area contributed by atoms with Crippen LogP contribution in [0.4, 0.5) is 0 Å². The van der Waals surface area contributed by atoms with Gasteiger partial charge in [0.05, 0.1) is 6.61 Å². The van der Waals surface area contributed by atoms with Crippen molar-refractivity contribution in [1.29, 1.82) is 0 Å². The third-order valence-corrected chi connectivity index (χ3v) is 3.57. The summed E-state index contributed by atoms with van der Waals surface area (Å²) in [4.78, 5) is 12.0. The number of rotatable bonds is 6. The summed E-state index contributed by atoms with van der Waals surface area (Å²) < 4.78 is 5.44. The lowest BCUT2D eigenvalue weighted by atomic mass is 9.78. The Labute approximate surface area is 111 Å². The van der Waals surface area contributed by atoms with Gasteiger partial charge in [-0.15, -0.1) is 0 Å². The summed E-state index contributed by atoms with van der Waals surface area (Å²) in [5.74, 6) is 1.21. The van der Waals surface area contributed by atoms with Crippen molar-refractivity contribution in [1.82, 2.24) is 5.32 Å². The first kappa shape index (κ1) is 15.4. The quantitative estimate of drug-likeness (QED) is 0.709. The molecule has 0 saturated heterocycles. The molecule has 0 spiro atoms. The van der Waals surface area contributed by atoms with Crippen LogP contribution in [0.25, 0.3) is 0 Å². The second kappa shape index (κ2) is 7.74. The van der Waals surface area contributed by atoms with Gasteiger partial charge in [0.25, 0.3) is 0 Å². The number of ether oxygens (including phenoxy) is 1. The number of carbonyl (C=O) groups is 1. The van der Waals surface area contributed by atoms with Gasteiger partial charge in [0, 0.05) is 25.1 Å². The predicted octanol–water partition coefficient (Wildman–Crippen LogP) is 1.54. The number of hydrogen-bond acceptors (Lipinski definition) is 3. The van der Waals surface area contributed by atoms with Crippen molar-refractivity contribution < 1.29 is 9.53 Å². The summed E-state index contributed by atoms with van der Waals surface area (Å²) in [5, 5.41) is 2.96. The molecule has 0 aromatic heterocycles. The maximum absolute atomic E-state index is 12.0. The molecule has 1 rings (SSSR count). The van der Waals surface area contributed by atoms with Crippen LogP contribution in [0.2, 0.25) is 0 Å². The molecular weight excluding hydrogens is 228 g/mol. The van der Waals surface area contributed by atoms with Crippen molar-refractivity contribution >= 4 is 5.91 Å². The van der Waals surface area contributed by atoms with Crippen molar-refractivity contribution in [3.63, 3.8) is 0 Å². The van der Waals surface area contributed by atoms with Crippen LogP contribution in [-0.2, 0) is 9.53 Å². The molecule has 1 amide bonds. The molecule has 0 aromatic carbocycles. The summed E-state index contributed by atoms with van der Waals surface area (Å²) in [7, 11) is 0. The molecule has 0 heterocycles. The minimum Gasteiger partial charge on any atom is -0.379 e. The van der Waals surface area contributed by atoms with Crippen LogP contribution in [0.15, 0.2) is 0 Å². The van der Waals surface area contributed by atoms with Crippen LogP contribution >= 0.6 is 0 Å². The molecule has 3 atom stereocenters. The van der Waals surface area contributed by atoms with E-state index in [9.17, 15) is 4.79 Å². The molecule has 0 radical (unpaired) electrons. The number of carbonyl (C=O) groups excluding carboxylic acids is 1. The molecular formula is C14H28N2O2. The van der Waals surface area contributed by atoms with Crippen molar-refractivity contribution in [3.05, 3.63) is 0 Å². The van der Waals surface area contributed by atoms with E-state index in [0.29, 0.717) is 25.0 Å². The van der Waals surface area contributed by atoms with Crippen LogP contribution in [0.3, 0.4) is 0 Å². The van der Waals surface area contributed by atoms with E-state index in [-0.39, 0.29) is 17.9 Å². The molecule has 1 aliphatic carbocycles. The first-order chi connectivity index (χ1) is 8.50.